The van der Waals surface area contributed by atoms with Crippen molar-refractivity contribution in [3.8, 4) is 5.75 Å². The normalized spacial score (nSPS) is 11.8. The molecule has 0 spiro atoms. The summed E-state index contributed by atoms with van der Waals surface area (Å²) < 4.78 is 5.16. The standard InChI is InChI=1S/C16H17NO3/c1-11(18)12-7-9-13(10-8-12)17-16(19)14-5-3-4-6-15(14)20-2/h3-11,18H,1-2H3,(H,17,19)/t11-/m0/s1. The van der Waals surface area contributed by atoms with Crippen molar-refractivity contribution in [3.05, 3.63) is 59.7 Å². The molecule has 104 valence electrons. The van der Waals surface area contributed by atoms with Gasteiger partial charge in [0.15, 0.2) is 0 Å². The fourth-order valence-electron chi connectivity index (χ4n) is 1.88. The van der Waals surface area contributed by atoms with Gasteiger partial charge in [-0.1, -0.05) is 24.3 Å². The molecule has 4 nitrogen and oxygen atoms in total. The minimum Gasteiger partial charge on any atom is -0.496 e. The van der Waals surface area contributed by atoms with Crippen molar-refractivity contribution in [3.63, 3.8) is 0 Å². The van der Waals surface area contributed by atoms with E-state index in [2.05, 4.69) is 5.32 Å². The van der Waals surface area contributed by atoms with Gasteiger partial charge >= 0.3 is 0 Å². The molecule has 4 heteroatoms. The van der Waals surface area contributed by atoms with E-state index >= 15 is 0 Å². The molecule has 2 N–H and O–H groups in total. The monoisotopic (exact) mass is 271 g/mol. The average molecular weight is 271 g/mol. The maximum atomic E-state index is 12.2. The van der Waals surface area contributed by atoms with Gasteiger partial charge in [0.05, 0.1) is 18.8 Å². The van der Waals surface area contributed by atoms with Crippen LogP contribution < -0.4 is 10.1 Å². The molecule has 0 aliphatic heterocycles. The highest BCUT2D eigenvalue weighted by molar-refractivity contribution is 6.06. The van der Waals surface area contributed by atoms with Crippen molar-refractivity contribution in [1.29, 1.82) is 0 Å². The smallest absolute Gasteiger partial charge is 0.259 e. The molecule has 2 aromatic rings. The lowest BCUT2D eigenvalue weighted by molar-refractivity contribution is 0.102. The molecule has 0 fully saturated rings. The van der Waals surface area contributed by atoms with Gasteiger partial charge in [-0.25, -0.2) is 0 Å². The number of amides is 1. The van der Waals surface area contributed by atoms with E-state index in [9.17, 15) is 9.90 Å². The Balaban J connectivity index is 2.15. The Labute approximate surface area is 118 Å². The number of hydrogen-bond donors (Lipinski definition) is 2. The maximum Gasteiger partial charge on any atom is 0.259 e. The van der Waals surface area contributed by atoms with Crippen molar-refractivity contribution in [2.45, 2.75) is 13.0 Å². The van der Waals surface area contributed by atoms with Gasteiger partial charge in [0, 0.05) is 5.69 Å². The first-order chi connectivity index (χ1) is 9.61. The van der Waals surface area contributed by atoms with Gasteiger partial charge < -0.3 is 15.2 Å². The van der Waals surface area contributed by atoms with E-state index in [4.69, 9.17) is 4.74 Å². The number of methoxy groups -OCH3 is 1. The summed E-state index contributed by atoms with van der Waals surface area (Å²) in [5, 5.41) is 12.2. The SMILES string of the molecule is COc1ccccc1C(=O)Nc1ccc([C@H](C)O)cc1. The summed E-state index contributed by atoms with van der Waals surface area (Å²) in [6.45, 7) is 1.70. The molecule has 0 aromatic heterocycles. The Morgan fingerprint density at radius 1 is 1.15 bits per heavy atom. The summed E-state index contributed by atoms with van der Waals surface area (Å²) in [7, 11) is 1.53. The topological polar surface area (TPSA) is 58.6 Å². The van der Waals surface area contributed by atoms with E-state index in [1.165, 1.54) is 7.11 Å². The largest absolute Gasteiger partial charge is 0.496 e. The summed E-state index contributed by atoms with van der Waals surface area (Å²) in [5.74, 6) is 0.304. The molecule has 2 aromatic carbocycles. The van der Waals surface area contributed by atoms with Gasteiger partial charge in [0.2, 0.25) is 0 Å². The molecule has 1 amide bonds. The highest BCUT2D eigenvalue weighted by Crippen LogP contribution is 2.20. The Bertz CT molecular complexity index is 591. The van der Waals surface area contributed by atoms with E-state index in [0.29, 0.717) is 17.0 Å². The van der Waals surface area contributed by atoms with Crippen LogP contribution in [-0.4, -0.2) is 18.1 Å². The molecule has 2 rings (SSSR count). The van der Waals surface area contributed by atoms with E-state index in [1.807, 2.05) is 6.07 Å². The summed E-state index contributed by atoms with van der Waals surface area (Å²) >= 11 is 0. The van der Waals surface area contributed by atoms with Gasteiger partial charge in [-0.2, -0.15) is 0 Å². The molecule has 0 aliphatic carbocycles. The van der Waals surface area contributed by atoms with Crippen molar-refractivity contribution in [2.24, 2.45) is 0 Å². The third kappa shape index (κ3) is 3.16. The number of benzene rings is 2. The van der Waals surface area contributed by atoms with Crippen LogP contribution in [0.5, 0.6) is 5.75 Å². The van der Waals surface area contributed by atoms with E-state index in [0.717, 1.165) is 5.56 Å². The van der Waals surface area contributed by atoms with Gasteiger partial charge in [0.25, 0.3) is 5.91 Å². The zero-order valence-electron chi connectivity index (χ0n) is 11.5. The van der Waals surface area contributed by atoms with E-state index < -0.39 is 6.10 Å². The van der Waals surface area contributed by atoms with Crippen molar-refractivity contribution < 1.29 is 14.6 Å². The van der Waals surface area contributed by atoms with Gasteiger partial charge in [0.1, 0.15) is 5.75 Å². The molecule has 1 atom stereocenters. The van der Waals surface area contributed by atoms with Crippen LogP contribution >= 0.6 is 0 Å². The number of nitrogens with one attached hydrogen (secondary N) is 1. The van der Waals surface area contributed by atoms with Crippen LogP contribution in [-0.2, 0) is 0 Å². The van der Waals surface area contributed by atoms with Crippen LogP contribution in [0, 0.1) is 0 Å². The third-order valence-corrected chi connectivity index (χ3v) is 3.00. The lowest BCUT2D eigenvalue weighted by Gasteiger charge is -2.10. The number of rotatable bonds is 4. The minimum absolute atomic E-state index is 0.229. The third-order valence-electron chi connectivity index (χ3n) is 3.00. The van der Waals surface area contributed by atoms with Crippen molar-refractivity contribution >= 4 is 11.6 Å². The van der Waals surface area contributed by atoms with Crippen molar-refractivity contribution in [1.82, 2.24) is 0 Å². The summed E-state index contributed by atoms with van der Waals surface area (Å²) in [6, 6.07) is 14.1. The fraction of sp³-hybridized carbons (Fsp3) is 0.188. The Kier molecular flexibility index (Phi) is 4.38. The second kappa shape index (κ2) is 6.21. The first kappa shape index (κ1) is 14.1. The second-order valence-corrected chi connectivity index (χ2v) is 4.45. The number of carbonyl (C=O) groups is 1. The molecule has 20 heavy (non-hydrogen) atoms. The molecule has 0 unspecified atom stereocenters. The van der Waals surface area contributed by atoms with Crippen LogP contribution in [0.2, 0.25) is 0 Å². The van der Waals surface area contributed by atoms with Crippen LogP contribution in [0.25, 0.3) is 0 Å². The molecular weight excluding hydrogens is 254 g/mol. The number of anilines is 1. The highest BCUT2D eigenvalue weighted by atomic mass is 16.5. The van der Waals surface area contributed by atoms with E-state index in [1.54, 1.807) is 49.4 Å². The Morgan fingerprint density at radius 2 is 1.80 bits per heavy atom. The Morgan fingerprint density at radius 3 is 2.40 bits per heavy atom. The molecule has 0 saturated carbocycles. The molecule has 0 bridgehead atoms. The van der Waals surface area contributed by atoms with Gasteiger partial charge in [-0.05, 0) is 36.8 Å². The predicted molar refractivity (Wildman–Crippen MR) is 78.0 cm³/mol. The first-order valence-corrected chi connectivity index (χ1v) is 6.34. The Hall–Kier alpha value is -2.33. The van der Waals surface area contributed by atoms with E-state index in [-0.39, 0.29) is 5.91 Å². The predicted octanol–water partition coefficient (Wildman–Crippen LogP) is 3.00. The molecule has 0 saturated heterocycles. The fourth-order valence-corrected chi connectivity index (χ4v) is 1.88. The second-order valence-electron chi connectivity index (χ2n) is 4.45. The maximum absolute atomic E-state index is 12.2. The molecule has 0 heterocycles. The number of aliphatic hydroxyl groups is 1. The number of carbonyl (C=O) groups excluding carboxylic acids is 1. The number of hydrogen-bond acceptors (Lipinski definition) is 3. The van der Waals surface area contributed by atoms with Crippen LogP contribution in [0.15, 0.2) is 48.5 Å². The number of ether oxygens (including phenoxy) is 1. The molecule has 0 aliphatic rings. The minimum atomic E-state index is -0.519. The van der Waals surface area contributed by atoms with Crippen molar-refractivity contribution in [2.75, 3.05) is 12.4 Å². The van der Waals surface area contributed by atoms with Gasteiger partial charge in [-0.3, -0.25) is 4.79 Å². The number of para-hydroxylation sites is 1. The van der Waals surface area contributed by atoms with Crippen LogP contribution in [0.3, 0.4) is 0 Å². The van der Waals surface area contributed by atoms with Crippen LogP contribution in [0.1, 0.15) is 28.9 Å². The lowest BCUT2D eigenvalue weighted by atomic mass is 10.1. The molecular formula is C16H17NO3. The average Bonchev–Trinajstić information content (AvgIpc) is 2.47. The quantitative estimate of drug-likeness (QED) is 0.898. The first-order valence-electron chi connectivity index (χ1n) is 6.34. The summed E-state index contributed by atoms with van der Waals surface area (Å²) in [6.07, 6.45) is -0.519. The summed E-state index contributed by atoms with van der Waals surface area (Å²) in [4.78, 5) is 12.2. The molecule has 0 radical (unpaired) electrons. The number of aliphatic hydroxyl groups excluding tert-OH is 1. The zero-order valence-corrected chi connectivity index (χ0v) is 11.5. The van der Waals surface area contributed by atoms with Crippen LogP contribution in [0.4, 0.5) is 5.69 Å². The highest BCUT2D eigenvalue weighted by Gasteiger charge is 2.11. The van der Waals surface area contributed by atoms with Gasteiger partial charge in [-0.15, -0.1) is 0 Å². The zero-order chi connectivity index (χ0) is 14.5. The summed E-state index contributed by atoms with van der Waals surface area (Å²) in [5.41, 5.74) is 1.96. The lowest BCUT2D eigenvalue weighted by Crippen LogP contribution is -2.13.